The highest BCUT2D eigenvalue weighted by Crippen LogP contribution is 2.24. The SMILES string of the molecule is O=S1(=O)CCC(CNS(=O)(=O)c2ccc(CO)cc2Br)C1. The first-order valence-corrected chi connectivity index (χ1v) is 10.4. The van der Waals surface area contributed by atoms with E-state index >= 15 is 0 Å². The number of sulfonamides is 1. The summed E-state index contributed by atoms with van der Waals surface area (Å²) in [7, 11) is -6.73. The fourth-order valence-electron chi connectivity index (χ4n) is 2.20. The molecule has 21 heavy (non-hydrogen) atoms. The van der Waals surface area contributed by atoms with Gasteiger partial charge >= 0.3 is 0 Å². The first-order chi connectivity index (χ1) is 9.73. The van der Waals surface area contributed by atoms with Crippen molar-refractivity contribution in [3.63, 3.8) is 0 Å². The number of rotatable bonds is 5. The van der Waals surface area contributed by atoms with Crippen molar-refractivity contribution in [1.29, 1.82) is 0 Å². The molecule has 9 heteroatoms. The summed E-state index contributed by atoms with van der Waals surface area (Å²) in [4.78, 5) is 0.0700. The molecule has 2 rings (SSSR count). The number of aliphatic hydroxyl groups is 1. The molecule has 1 saturated heterocycles. The molecule has 2 N–H and O–H groups in total. The van der Waals surface area contributed by atoms with Crippen molar-refractivity contribution < 1.29 is 21.9 Å². The molecule has 0 spiro atoms. The maximum absolute atomic E-state index is 12.2. The molecule has 1 heterocycles. The van der Waals surface area contributed by atoms with Crippen molar-refractivity contribution in [3.8, 4) is 0 Å². The van der Waals surface area contributed by atoms with Gasteiger partial charge in [0.25, 0.3) is 0 Å². The van der Waals surface area contributed by atoms with E-state index in [0.717, 1.165) is 0 Å². The Morgan fingerprint density at radius 1 is 1.38 bits per heavy atom. The molecule has 1 fully saturated rings. The zero-order valence-electron chi connectivity index (χ0n) is 11.1. The number of hydrogen-bond donors (Lipinski definition) is 2. The summed E-state index contributed by atoms with van der Waals surface area (Å²) in [5, 5.41) is 9.01. The van der Waals surface area contributed by atoms with Crippen LogP contribution in [-0.4, -0.2) is 40.0 Å². The third-order valence-corrected chi connectivity index (χ3v) is 7.59. The van der Waals surface area contributed by atoms with Crippen molar-refractivity contribution in [2.75, 3.05) is 18.1 Å². The molecule has 1 aliphatic rings. The van der Waals surface area contributed by atoms with Gasteiger partial charge in [0.15, 0.2) is 9.84 Å². The Morgan fingerprint density at radius 3 is 2.62 bits per heavy atom. The fraction of sp³-hybridized carbons (Fsp3) is 0.500. The second kappa shape index (κ2) is 6.33. The highest BCUT2D eigenvalue weighted by molar-refractivity contribution is 9.10. The summed E-state index contributed by atoms with van der Waals surface area (Å²) in [6, 6.07) is 4.47. The molecule has 118 valence electrons. The van der Waals surface area contributed by atoms with Gasteiger partial charge in [-0.2, -0.15) is 0 Å². The van der Waals surface area contributed by atoms with Crippen molar-refractivity contribution >= 4 is 35.8 Å². The molecule has 1 unspecified atom stereocenters. The Kier molecular flexibility index (Phi) is 5.09. The number of sulfone groups is 1. The van der Waals surface area contributed by atoms with Crippen LogP contribution in [0.4, 0.5) is 0 Å². The molecule has 0 radical (unpaired) electrons. The van der Waals surface area contributed by atoms with E-state index in [-0.39, 0.29) is 35.5 Å². The molecule has 1 aromatic rings. The van der Waals surface area contributed by atoms with Gasteiger partial charge in [-0.25, -0.2) is 21.6 Å². The minimum atomic E-state index is -3.71. The van der Waals surface area contributed by atoms with Crippen LogP contribution >= 0.6 is 15.9 Å². The lowest BCUT2D eigenvalue weighted by atomic mass is 10.1. The van der Waals surface area contributed by atoms with Gasteiger partial charge in [0.05, 0.1) is 23.0 Å². The molecule has 1 aromatic carbocycles. The van der Waals surface area contributed by atoms with Gasteiger partial charge in [-0.15, -0.1) is 0 Å². The Hall–Kier alpha value is -0.480. The van der Waals surface area contributed by atoms with Crippen LogP contribution in [0.5, 0.6) is 0 Å². The molecular weight excluding hydrogens is 382 g/mol. The van der Waals surface area contributed by atoms with Gasteiger partial charge in [0, 0.05) is 11.0 Å². The summed E-state index contributed by atoms with van der Waals surface area (Å²) < 4.78 is 49.9. The summed E-state index contributed by atoms with van der Waals surface area (Å²) >= 11 is 3.17. The molecule has 6 nitrogen and oxygen atoms in total. The number of nitrogens with one attached hydrogen (secondary N) is 1. The van der Waals surface area contributed by atoms with Crippen LogP contribution in [0.2, 0.25) is 0 Å². The van der Waals surface area contributed by atoms with Crippen LogP contribution in [0.1, 0.15) is 12.0 Å². The number of aliphatic hydroxyl groups excluding tert-OH is 1. The summed E-state index contributed by atoms with van der Waals surface area (Å²) in [6.45, 7) is -0.0674. The van der Waals surface area contributed by atoms with E-state index in [0.29, 0.717) is 16.5 Å². The van der Waals surface area contributed by atoms with Gasteiger partial charge < -0.3 is 5.11 Å². The second-order valence-electron chi connectivity index (χ2n) is 5.04. The molecule has 1 aliphatic heterocycles. The first-order valence-electron chi connectivity index (χ1n) is 6.33. The van der Waals surface area contributed by atoms with Crippen LogP contribution in [0.3, 0.4) is 0 Å². The second-order valence-corrected chi connectivity index (χ2v) is 9.86. The minimum Gasteiger partial charge on any atom is -0.392 e. The molecular formula is C12H16BrNO5S2. The smallest absolute Gasteiger partial charge is 0.241 e. The molecule has 0 aliphatic carbocycles. The largest absolute Gasteiger partial charge is 0.392 e. The Bertz CT molecular complexity index is 730. The van der Waals surface area contributed by atoms with Crippen molar-refractivity contribution in [2.24, 2.45) is 5.92 Å². The number of halogens is 1. The van der Waals surface area contributed by atoms with E-state index in [2.05, 4.69) is 20.7 Å². The Labute approximate surface area is 132 Å². The summed E-state index contributed by atoms with van der Waals surface area (Å²) in [6.07, 6.45) is 0.482. The van der Waals surface area contributed by atoms with Crippen LogP contribution in [-0.2, 0) is 26.5 Å². The molecule has 0 aromatic heterocycles. The lowest BCUT2D eigenvalue weighted by molar-refractivity contribution is 0.281. The van der Waals surface area contributed by atoms with E-state index in [9.17, 15) is 16.8 Å². The molecule has 0 amide bonds. The fourth-order valence-corrected chi connectivity index (χ4v) is 6.30. The van der Waals surface area contributed by atoms with Gasteiger partial charge in [0.2, 0.25) is 10.0 Å². The molecule has 0 saturated carbocycles. The predicted octanol–water partition coefficient (Wildman–Crippen LogP) is 0.654. The maximum atomic E-state index is 12.2. The molecule has 0 bridgehead atoms. The Morgan fingerprint density at radius 2 is 2.10 bits per heavy atom. The average molecular weight is 398 g/mol. The highest BCUT2D eigenvalue weighted by Gasteiger charge is 2.29. The summed E-state index contributed by atoms with van der Waals surface area (Å²) in [5.74, 6) is -0.0331. The van der Waals surface area contributed by atoms with E-state index < -0.39 is 19.9 Å². The maximum Gasteiger partial charge on any atom is 0.241 e. The lowest BCUT2D eigenvalue weighted by Gasteiger charge is -2.12. The van der Waals surface area contributed by atoms with Crippen molar-refractivity contribution in [1.82, 2.24) is 4.72 Å². The third-order valence-electron chi connectivity index (χ3n) is 3.36. The topological polar surface area (TPSA) is 101 Å². The van der Waals surface area contributed by atoms with E-state index in [1.165, 1.54) is 18.2 Å². The van der Waals surface area contributed by atoms with Crippen LogP contribution in [0.25, 0.3) is 0 Å². The first kappa shape index (κ1) is 16.9. The molecule has 1 atom stereocenters. The normalized spacial score (nSPS) is 21.5. The predicted molar refractivity (Wildman–Crippen MR) is 82.0 cm³/mol. The Balaban J connectivity index is 2.09. The van der Waals surface area contributed by atoms with E-state index in [4.69, 9.17) is 5.11 Å². The van der Waals surface area contributed by atoms with Crippen molar-refractivity contribution in [3.05, 3.63) is 28.2 Å². The monoisotopic (exact) mass is 397 g/mol. The van der Waals surface area contributed by atoms with Gasteiger partial charge in [-0.3, -0.25) is 0 Å². The average Bonchev–Trinajstić information content (AvgIpc) is 2.75. The van der Waals surface area contributed by atoms with Crippen LogP contribution in [0, 0.1) is 5.92 Å². The quantitative estimate of drug-likeness (QED) is 0.759. The van der Waals surface area contributed by atoms with Crippen LogP contribution in [0.15, 0.2) is 27.6 Å². The van der Waals surface area contributed by atoms with Gasteiger partial charge in [0.1, 0.15) is 0 Å². The standard InChI is InChI=1S/C12H16BrNO5S2/c13-11-5-9(7-15)1-2-12(11)21(18,19)14-6-10-3-4-20(16,17)8-10/h1-2,5,10,14-15H,3-4,6-8H2. The van der Waals surface area contributed by atoms with Crippen molar-refractivity contribution in [2.45, 2.75) is 17.9 Å². The van der Waals surface area contributed by atoms with Gasteiger partial charge in [-0.1, -0.05) is 6.07 Å². The van der Waals surface area contributed by atoms with E-state index in [1.807, 2.05) is 0 Å². The summed E-state index contributed by atoms with van der Waals surface area (Å²) in [5.41, 5.74) is 0.600. The van der Waals surface area contributed by atoms with Gasteiger partial charge in [-0.05, 0) is 46.0 Å². The lowest BCUT2D eigenvalue weighted by Crippen LogP contribution is -2.30. The zero-order valence-corrected chi connectivity index (χ0v) is 14.3. The van der Waals surface area contributed by atoms with Crippen LogP contribution < -0.4 is 4.72 Å². The number of benzene rings is 1. The zero-order chi connectivity index (χ0) is 15.7. The number of hydrogen-bond acceptors (Lipinski definition) is 5. The minimum absolute atomic E-state index is 0.0279. The third kappa shape index (κ3) is 4.26. The van der Waals surface area contributed by atoms with E-state index in [1.54, 1.807) is 0 Å². The highest BCUT2D eigenvalue weighted by atomic mass is 79.9.